The number of primary amides is 1. The third-order valence-electron chi connectivity index (χ3n) is 9.21. The van der Waals surface area contributed by atoms with Crippen molar-refractivity contribution >= 4 is 5.91 Å². The molecule has 0 aromatic heterocycles. The molecule has 4 bridgehead atoms. The van der Waals surface area contributed by atoms with Crippen molar-refractivity contribution in [3.63, 3.8) is 0 Å². The van der Waals surface area contributed by atoms with E-state index in [-0.39, 0.29) is 12.5 Å². The number of ether oxygens (including phenoxy) is 2. The summed E-state index contributed by atoms with van der Waals surface area (Å²) >= 11 is 0. The minimum atomic E-state index is -0.550. The molecule has 6 fully saturated rings. The first-order valence-electron chi connectivity index (χ1n) is 13.2. The Bertz CT molecular complexity index is 867. The zero-order valence-electron chi connectivity index (χ0n) is 20.2. The molecule has 186 valence electrons. The van der Waals surface area contributed by atoms with Crippen LogP contribution in [-0.2, 0) is 19.3 Å². The van der Waals surface area contributed by atoms with E-state index in [4.69, 9.17) is 25.0 Å². The monoisotopic (exact) mass is 470 g/mol. The molecule has 7 rings (SSSR count). The molecule has 5 saturated carbocycles. The second-order valence-electron chi connectivity index (χ2n) is 11.6. The summed E-state index contributed by atoms with van der Waals surface area (Å²) < 4.78 is 12.7. The molecule has 1 aromatic carbocycles. The Balaban J connectivity index is 1.01. The fraction of sp³-hybridized carbons (Fsp3) is 0.741. The summed E-state index contributed by atoms with van der Waals surface area (Å²) in [6.45, 7) is 1.42. The Kier molecular flexibility index (Phi) is 5.87. The van der Waals surface area contributed by atoms with Gasteiger partial charge < -0.3 is 15.2 Å². The van der Waals surface area contributed by atoms with Gasteiger partial charge in [0.15, 0.2) is 0 Å². The zero-order chi connectivity index (χ0) is 23.3. The van der Waals surface area contributed by atoms with E-state index in [1.807, 2.05) is 24.1 Å². The fourth-order valence-corrected chi connectivity index (χ4v) is 7.69. The Morgan fingerprint density at radius 1 is 1.03 bits per heavy atom. The predicted octanol–water partition coefficient (Wildman–Crippen LogP) is 3.97. The lowest BCUT2D eigenvalue weighted by Gasteiger charge is -2.57. The Hall–Kier alpha value is -1.67. The van der Waals surface area contributed by atoms with Gasteiger partial charge in [-0.25, -0.2) is 0 Å². The number of rotatable bonds is 7. The summed E-state index contributed by atoms with van der Waals surface area (Å²) in [6.07, 6.45) is 10.3. The first kappa shape index (κ1) is 22.8. The molecule has 6 aliphatic rings. The van der Waals surface area contributed by atoms with Gasteiger partial charge in [0.05, 0.1) is 6.54 Å². The lowest BCUT2D eigenvalue weighted by molar-refractivity contribution is -0.390. The lowest BCUT2D eigenvalue weighted by atomic mass is 9.53. The average Bonchev–Trinajstić information content (AvgIpc) is 3.17. The molecule has 7 nitrogen and oxygen atoms in total. The summed E-state index contributed by atoms with van der Waals surface area (Å²) in [6, 6.07) is 8.44. The number of amides is 1. The molecule has 5 aliphatic carbocycles. The molecule has 1 saturated heterocycles. The molecule has 34 heavy (non-hydrogen) atoms. The van der Waals surface area contributed by atoms with Crippen molar-refractivity contribution in [1.29, 1.82) is 0 Å². The van der Waals surface area contributed by atoms with Crippen LogP contribution in [0.15, 0.2) is 24.3 Å². The van der Waals surface area contributed by atoms with Crippen molar-refractivity contribution in [3.05, 3.63) is 29.8 Å². The van der Waals surface area contributed by atoms with E-state index in [0.717, 1.165) is 43.3 Å². The maximum atomic E-state index is 11.0. The van der Waals surface area contributed by atoms with Gasteiger partial charge in [-0.1, -0.05) is 12.1 Å². The maximum Gasteiger partial charge on any atom is 0.231 e. The number of carbonyl (C=O) groups excluding carboxylic acids is 1. The molecule has 1 amide bonds. The van der Waals surface area contributed by atoms with E-state index in [1.165, 1.54) is 37.7 Å². The normalized spacial score (nSPS) is 40.5. The Labute approximate surface area is 202 Å². The lowest BCUT2D eigenvalue weighted by Crippen LogP contribution is -2.59. The SMILES string of the molecule is CN(CCOc1ccc([C@H]2CC[C@]3(CC2)OO[C@]2(O3)C3CC4CC(C3)CC2C4)cc1)CC(N)=O. The highest BCUT2D eigenvalue weighted by atomic mass is 17.3. The average molecular weight is 471 g/mol. The standard InChI is InChI=1S/C27H38N2O5/c1-29(17-25(28)30)10-11-31-24-4-2-20(3-5-24)21-6-8-26(9-7-21)32-27(34-33-26)22-13-18-12-19(15-22)16-23(27)14-18/h2-5,18-19,21-23H,6-17H2,1H3,(H2,28,30)/t18?,19?,21-,22?,23?,26+,27-. The van der Waals surface area contributed by atoms with Crippen LogP contribution in [0.2, 0.25) is 0 Å². The highest BCUT2D eigenvalue weighted by Gasteiger charge is 2.66. The molecule has 1 aromatic rings. The van der Waals surface area contributed by atoms with Crippen LogP contribution in [0.25, 0.3) is 0 Å². The van der Waals surface area contributed by atoms with Gasteiger partial charge in [-0.3, -0.25) is 9.69 Å². The van der Waals surface area contributed by atoms with E-state index in [9.17, 15) is 4.79 Å². The number of nitrogens with two attached hydrogens (primary N) is 1. The van der Waals surface area contributed by atoms with Crippen LogP contribution in [0, 0.1) is 23.7 Å². The summed E-state index contributed by atoms with van der Waals surface area (Å²) in [5.41, 5.74) is 6.57. The second-order valence-corrected chi connectivity index (χ2v) is 11.6. The number of likely N-dealkylation sites (N-methyl/N-ethyl adjacent to an activating group) is 1. The summed E-state index contributed by atoms with van der Waals surface area (Å²) in [4.78, 5) is 25.1. The van der Waals surface area contributed by atoms with E-state index in [2.05, 4.69) is 12.1 Å². The third kappa shape index (κ3) is 4.15. The van der Waals surface area contributed by atoms with Crippen molar-refractivity contribution < 1.29 is 24.0 Å². The molecular formula is C27H38N2O5. The maximum absolute atomic E-state index is 11.0. The van der Waals surface area contributed by atoms with Gasteiger partial charge in [-0.2, -0.15) is 9.78 Å². The van der Waals surface area contributed by atoms with Gasteiger partial charge in [0.2, 0.25) is 17.5 Å². The second kappa shape index (κ2) is 8.77. The topological polar surface area (TPSA) is 83.2 Å². The van der Waals surface area contributed by atoms with E-state index < -0.39 is 11.6 Å². The minimum absolute atomic E-state index is 0.243. The Morgan fingerprint density at radius 2 is 1.68 bits per heavy atom. The molecule has 7 heteroatoms. The number of nitrogens with zero attached hydrogens (tertiary/aromatic N) is 1. The zero-order valence-corrected chi connectivity index (χ0v) is 20.2. The van der Waals surface area contributed by atoms with Gasteiger partial charge >= 0.3 is 0 Å². The quantitative estimate of drug-likeness (QED) is 0.607. The number of hydrogen-bond donors (Lipinski definition) is 1. The van der Waals surface area contributed by atoms with Crippen LogP contribution in [0.1, 0.15) is 69.3 Å². The number of hydrogen-bond acceptors (Lipinski definition) is 6. The molecule has 2 spiro atoms. The Morgan fingerprint density at radius 3 is 2.29 bits per heavy atom. The third-order valence-corrected chi connectivity index (χ3v) is 9.21. The predicted molar refractivity (Wildman–Crippen MR) is 126 cm³/mol. The van der Waals surface area contributed by atoms with Crippen molar-refractivity contribution in [2.24, 2.45) is 29.4 Å². The minimum Gasteiger partial charge on any atom is -0.492 e. The van der Waals surface area contributed by atoms with Crippen LogP contribution in [-0.4, -0.2) is 49.1 Å². The molecule has 2 N–H and O–H groups in total. The van der Waals surface area contributed by atoms with Gasteiger partial charge in [0.25, 0.3) is 0 Å². The van der Waals surface area contributed by atoms with Crippen molar-refractivity contribution in [1.82, 2.24) is 4.90 Å². The van der Waals surface area contributed by atoms with Gasteiger partial charge in [-0.05, 0) is 87.4 Å². The van der Waals surface area contributed by atoms with Crippen LogP contribution in [0.5, 0.6) is 5.75 Å². The van der Waals surface area contributed by atoms with E-state index in [0.29, 0.717) is 30.9 Å². The van der Waals surface area contributed by atoms with Crippen LogP contribution in [0.4, 0.5) is 0 Å². The van der Waals surface area contributed by atoms with Crippen LogP contribution < -0.4 is 10.5 Å². The van der Waals surface area contributed by atoms with Gasteiger partial charge in [-0.15, -0.1) is 0 Å². The largest absolute Gasteiger partial charge is 0.492 e. The van der Waals surface area contributed by atoms with Crippen LogP contribution >= 0.6 is 0 Å². The molecule has 0 unspecified atom stereocenters. The van der Waals surface area contributed by atoms with Crippen molar-refractivity contribution in [3.8, 4) is 5.75 Å². The van der Waals surface area contributed by atoms with Gasteiger partial charge in [0, 0.05) is 31.2 Å². The van der Waals surface area contributed by atoms with E-state index in [1.54, 1.807) is 0 Å². The smallest absolute Gasteiger partial charge is 0.231 e. The highest BCUT2D eigenvalue weighted by Crippen LogP contribution is 2.64. The number of benzene rings is 1. The first-order chi connectivity index (χ1) is 16.4. The highest BCUT2D eigenvalue weighted by molar-refractivity contribution is 5.75. The molecular weight excluding hydrogens is 432 g/mol. The fourth-order valence-electron chi connectivity index (χ4n) is 7.69. The summed E-state index contributed by atoms with van der Waals surface area (Å²) in [5, 5.41) is 0. The molecule has 0 radical (unpaired) electrons. The number of carbonyl (C=O) groups is 1. The summed E-state index contributed by atoms with van der Waals surface area (Å²) in [7, 11) is 1.86. The summed E-state index contributed by atoms with van der Waals surface area (Å²) in [5.74, 6) is 2.82. The van der Waals surface area contributed by atoms with Crippen molar-refractivity contribution in [2.45, 2.75) is 75.3 Å². The first-order valence-corrected chi connectivity index (χ1v) is 13.2. The van der Waals surface area contributed by atoms with Gasteiger partial charge in [0.1, 0.15) is 12.4 Å². The van der Waals surface area contributed by atoms with Crippen LogP contribution in [0.3, 0.4) is 0 Å². The molecule has 1 aliphatic heterocycles. The molecule has 1 heterocycles. The molecule has 0 atom stereocenters. The van der Waals surface area contributed by atoms with Crippen molar-refractivity contribution in [2.75, 3.05) is 26.7 Å². The van der Waals surface area contributed by atoms with E-state index >= 15 is 0 Å².